The van der Waals surface area contributed by atoms with Crippen molar-refractivity contribution < 1.29 is 4.79 Å². The predicted molar refractivity (Wildman–Crippen MR) is 79.6 cm³/mol. The fraction of sp³-hybridized carbons (Fsp3) is 0.667. The van der Waals surface area contributed by atoms with Crippen LogP contribution in [0.4, 0.5) is 5.82 Å². The van der Waals surface area contributed by atoms with Crippen LogP contribution in [-0.2, 0) is 4.79 Å². The lowest BCUT2D eigenvalue weighted by molar-refractivity contribution is -0.139. The largest absolute Gasteiger partial charge is 0.353 e. The molecule has 2 heterocycles. The van der Waals surface area contributed by atoms with E-state index in [2.05, 4.69) is 14.9 Å². The maximum atomic E-state index is 12.3. The molecule has 1 saturated heterocycles. The van der Waals surface area contributed by atoms with E-state index < -0.39 is 0 Å². The smallest absolute Gasteiger partial charge is 0.228 e. The van der Waals surface area contributed by atoms with Gasteiger partial charge in [-0.1, -0.05) is 20.8 Å². The van der Waals surface area contributed by atoms with E-state index in [9.17, 15) is 4.79 Å². The second kappa shape index (κ2) is 5.77. The van der Waals surface area contributed by atoms with Gasteiger partial charge in [-0.2, -0.15) is 0 Å². The van der Waals surface area contributed by atoms with E-state index in [0.29, 0.717) is 0 Å². The van der Waals surface area contributed by atoms with Crippen LogP contribution in [-0.4, -0.2) is 47.0 Å². The Hall–Kier alpha value is -1.65. The van der Waals surface area contributed by atoms with Gasteiger partial charge in [-0.15, -0.1) is 0 Å². The molecule has 0 unspecified atom stereocenters. The lowest BCUT2D eigenvalue weighted by Crippen LogP contribution is -2.41. The first kappa shape index (κ1) is 14.8. The van der Waals surface area contributed by atoms with Crippen molar-refractivity contribution in [1.29, 1.82) is 0 Å². The molecule has 2 rings (SSSR count). The molecule has 20 heavy (non-hydrogen) atoms. The zero-order valence-corrected chi connectivity index (χ0v) is 12.9. The molecule has 0 N–H and O–H groups in total. The molecule has 110 valence electrons. The SMILES string of the molecule is Cc1cncc(N2CCCN(C(=O)C(C)(C)C)CC2)n1. The minimum absolute atomic E-state index is 0.231. The standard InChI is InChI=1S/C15H24N4O/c1-12-10-16-11-13(17-12)18-6-5-7-19(9-8-18)14(20)15(2,3)4/h10-11H,5-9H2,1-4H3. The van der Waals surface area contributed by atoms with Gasteiger partial charge in [0.15, 0.2) is 0 Å². The number of nitrogens with zero attached hydrogens (tertiary/aromatic N) is 4. The van der Waals surface area contributed by atoms with Crippen molar-refractivity contribution in [3.8, 4) is 0 Å². The van der Waals surface area contributed by atoms with E-state index in [1.165, 1.54) is 0 Å². The Morgan fingerprint density at radius 3 is 2.55 bits per heavy atom. The highest BCUT2D eigenvalue weighted by Gasteiger charge is 2.28. The average molecular weight is 276 g/mol. The molecule has 0 bridgehead atoms. The zero-order valence-electron chi connectivity index (χ0n) is 12.9. The molecular weight excluding hydrogens is 252 g/mol. The molecule has 5 nitrogen and oxygen atoms in total. The Morgan fingerprint density at radius 2 is 1.90 bits per heavy atom. The third-order valence-corrected chi connectivity index (χ3v) is 3.49. The summed E-state index contributed by atoms with van der Waals surface area (Å²) < 4.78 is 0. The average Bonchev–Trinajstić information content (AvgIpc) is 2.62. The molecule has 1 fully saturated rings. The molecule has 0 aromatic carbocycles. The number of carbonyl (C=O) groups excluding carboxylic acids is 1. The molecule has 1 aromatic heterocycles. The highest BCUT2D eigenvalue weighted by atomic mass is 16.2. The van der Waals surface area contributed by atoms with Gasteiger partial charge in [0.25, 0.3) is 0 Å². The van der Waals surface area contributed by atoms with Gasteiger partial charge in [-0.3, -0.25) is 9.78 Å². The van der Waals surface area contributed by atoms with E-state index in [0.717, 1.165) is 44.1 Å². The van der Waals surface area contributed by atoms with Crippen molar-refractivity contribution in [2.45, 2.75) is 34.1 Å². The number of rotatable bonds is 1. The maximum absolute atomic E-state index is 12.3. The summed E-state index contributed by atoms with van der Waals surface area (Å²) in [5, 5.41) is 0. The van der Waals surface area contributed by atoms with E-state index in [-0.39, 0.29) is 11.3 Å². The van der Waals surface area contributed by atoms with Crippen LogP contribution in [0.25, 0.3) is 0 Å². The van der Waals surface area contributed by atoms with Crippen molar-refractivity contribution in [2.75, 3.05) is 31.1 Å². The summed E-state index contributed by atoms with van der Waals surface area (Å²) >= 11 is 0. The Morgan fingerprint density at radius 1 is 1.15 bits per heavy atom. The molecule has 1 aliphatic rings. The first-order chi connectivity index (χ1) is 9.38. The van der Waals surface area contributed by atoms with Crippen LogP contribution in [0.2, 0.25) is 0 Å². The molecular formula is C15H24N4O. The quantitative estimate of drug-likeness (QED) is 0.785. The topological polar surface area (TPSA) is 49.3 Å². The number of hydrogen-bond donors (Lipinski definition) is 0. The summed E-state index contributed by atoms with van der Waals surface area (Å²) in [6.45, 7) is 11.2. The Kier molecular flexibility index (Phi) is 4.26. The lowest BCUT2D eigenvalue weighted by Gasteiger charge is -2.28. The van der Waals surface area contributed by atoms with Crippen LogP contribution in [0.1, 0.15) is 32.9 Å². The zero-order chi connectivity index (χ0) is 14.8. The number of aromatic nitrogens is 2. The van der Waals surface area contributed by atoms with Gasteiger partial charge in [0.2, 0.25) is 5.91 Å². The van der Waals surface area contributed by atoms with Crippen molar-refractivity contribution in [3.05, 3.63) is 18.1 Å². The summed E-state index contributed by atoms with van der Waals surface area (Å²) in [6, 6.07) is 0. The van der Waals surface area contributed by atoms with Crippen LogP contribution < -0.4 is 4.90 Å². The van der Waals surface area contributed by atoms with E-state index in [1.54, 1.807) is 12.4 Å². The molecule has 0 aliphatic carbocycles. The summed E-state index contributed by atoms with van der Waals surface area (Å²) in [7, 11) is 0. The Bertz CT molecular complexity index is 481. The normalized spacial score (nSPS) is 17.0. The number of hydrogen-bond acceptors (Lipinski definition) is 4. The van der Waals surface area contributed by atoms with E-state index >= 15 is 0 Å². The fourth-order valence-corrected chi connectivity index (χ4v) is 2.43. The number of aryl methyl sites for hydroxylation is 1. The van der Waals surface area contributed by atoms with Gasteiger partial charge >= 0.3 is 0 Å². The van der Waals surface area contributed by atoms with Gasteiger partial charge in [-0.25, -0.2) is 4.98 Å². The molecule has 1 aromatic rings. The molecule has 1 aliphatic heterocycles. The molecule has 1 amide bonds. The van der Waals surface area contributed by atoms with Gasteiger partial charge in [0, 0.05) is 37.8 Å². The summed E-state index contributed by atoms with van der Waals surface area (Å²) in [5.41, 5.74) is 0.618. The number of anilines is 1. The minimum Gasteiger partial charge on any atom is -0.353 e. The van der Waals surface area contributed by atoms with Crippen LogP contribution in [0, 0.1) is 12.3 Å². The predicted octanol–water partition coefficient (Wildman–Crippen LogP) is 1.87. The number of carbonyl (C=O) groups is 1. The van der Waals surface area contributed by atoms with Crippen molar-refractivity contribution in [3.63, 3.8) is 0 Å². The third kappa shape index (κ3) is 3.46. The second-order valence-corrected chi connectivity index (χ2v) is 6.40. The van der Waals surface area contributed by atoms with Gasteiger partial charge in [0.05, 0.1) is 11.9 Å². The first-order valence-corrected chi connectivity index (χ1v) is 7.21. The molecule has 0 atom stereocenters. The summed E-state index contributed by atoms with van der Waals surface area (Å²) in [6.07, 6.45) is 4.53. The second-order valence-electron chi connectivity index (χ2n) is 6.40. The molecule has 0 saturated carbocycles. The summed E-state index contributed by atoms with van der Waals surface area (Å²) in [5.74, 6) is 1.14. The van der Waals surface area contributed by atoms with Gasteiger partial charge < -0.3 is 9.80 Å². The Labute approximate surface area is 121 Å². The van der Waals surface area contributed by atoms with Crippen molar-refractivity contribution >= 4 is 11.7 Å². The van der Waals surface area contributed by atoms with Gasteiger partial charge in [0.1, 0.15) is 5.82 Å². The van der Waals surface area contributed by atoms with Gasteiger partial charge in [-0.05, 0) is 13.3 Å². The minimum atomic E-state index is -0.307. The van der Waals surface area contributed by atoms with E-state index in [1.807, 2.05) is 32.6 Å². The van der Waals surface area contributed by atoms with Crippen LogP contribution >= 0.6 is 0 Å². The first-order valence-electron chi connectivity index (χ1n) is 7.21. The van der Waals surface area contributed by atoms with Crippen LogP contribution in [0.15, 0.2) is 12.4 Å². The van der Waals surface area contributed by atoms with Crippen molar-refractivity contribution in [1.82, 2.24) is 14.9 Å². The highest BCUT2D eigenvalue weighted by molar-refractivity contribution is 5.81. The lowest BCUT2D eigenvalue weighted by atomic mass is 9.94. The highest BCUT2D eigenvalue weighted by Crippen LogP contribution is 2.20. The molecule has 0 spiro atoms. The fourth-order valence-electron chi connectivity index (χ4n) is 2.43. The van der Waals surface area contributed by atoms with Crippen LogP contribution in [0.3, 0.4) is 0 Å². The third-order valence-electron chi connectivity index (χ3n) is 3.49. The molecule has 5 heteroatoms. The van der Waals surface area contributed by atoms with Crippen LogP contribution in [0.5, 0.6) is 0 Å². The van der Waals surface area contributed by atoms with E-state index in [4.69, 9.17) is 0 Å². The van der Waals surface area contributed by atoms with Crippen molar-refractivity contribution in [2.24, 2.45) is 5.41 Å². The number of amides is 1. The monoisotopic (exact) mass is 276 g/mol. The molecule has 0 radical (unpaired) electrons. The summed E-state index contributed by atoms with van der Waals surface area (Å²) in [4.78, 5) is 25.3. The Balaban J connectivity index is 2.04. The maximum Gasteiger partial charge on any atom is 0.228 e.